The van der Waals surface area contributed by atoms with Crippen molar-refractivity contribution in [2.45, 2.75) is 51.6 Å². The lowest BCUT2D eigenvalue weighted by Gasteiger charge is -2.43. The maximum atomic E-state index is 13.2. The van der Waals surface area contributed by atoms with Crippen LogP contribution >= 0.6 is 0 Å². The third-order valence-corrected chi connectivity index (χ3v) is 6.64. The summed E-state index contributed by atoms with van der Waals surface area (Å²) >= 11 is 0. The quantitative estimate of drug-likeness (QED) is 0.820. The normalized spacial score (nSPS) is 24.8. The van der Waals surface area contributed by atoms with E-state index in [1.807, 2.05) is 6.92 Å². The van der Waals surface area contributed by atoms with Crippen molar-refractivity contribution in [2.24, 2.45) is 5.92 Å². The van der Waals surface area contributed by atoms with Crippen LogP contribution in [0.25, 0.3) is 0 Å². The van der Waals surface area contributed by atoms with Crippen LogP contribution in [0.15, 0.2) is 29.3 Å². The first-order valence-electron chi connectivity index (χ1n) is 10.7. The standard InChI is InChI=1S/C22H29N5O/c1-16-9-21(24-15-23-16)26-11-17-10-19(14-26)20-6-5-18(22(28)27(20)12-17)13-25-7-3-2-4-8-25/h5-6,9,15,17,19H,2-4,7-8,10-14H2,1H3/t17-,19+/m0/s1. The number of aryl methyl sites for hydroxylation is 1. The minimum Gasteiger partial charge on any atom is -0.355 e. The van der Waals surface area contributed by atoms with Gasteiger partial charge in [0.2, 0.25) is 0 Å². The van der Waals surface area contributed by atoms with Crippen LogP contribution in [0.3, 0.4) is 0 Å². The van der Waals surface area contributed by atoms with Crippen LogP contribution in [0.2, 0.25) is 0 Å². The van der Waals surface area contributed by atoms with E-state index in [0.29, 0.717) is 11.8 Å². The van der Waals surface area contributed by atoms with Crippen molar-refractivity contribution >= 4 is 5.82 Å². The molecule has 28 heavy (non-hydrogen) atoms. The predicted molar refractivity (Wildman–Crippen MR) is 110 cm³/mol. The molecule has 0 amide bonds. The van der Waals surface area contributed by atoms with Gasteiger partial charge in [0, 0.05) is 55.1 Å². The maximum Gasteiger partial charge on any atom is 0.255 e. The summed E-state index contributed by atoms with van der Waals surface area (Å²) in [4.78, 5) is 26.7. The molecule has 0 saturated carbocycles. The minimum atomic E-state index is 0.240. The molecule has 0 radical (unpaired) electrons. The van der Waals surface area contributed by atoms with Crippen LogP contribution in [0, 0.1) is 12.8 Å². The van der Waals surface area contributed by atoms with Crippen LogP contribution in [0.5, 0.6) is 0 Å². The van der Waals surface area contributed by atoms with E-state index in [-0.39, 0.29) is 5.56 Å². The van der Waals surface area contributed by atoms with E-state index < -0.39 is 0 Å². The van der Waals surface area contributed by atoms with Gasteiger partial charge in [-0.1, -0.05) is 12.5 Å². The number of pyridine rings is 1. The zero-order chi connectivity index (χ0) is 19.1. The Morgan fingerprint density at radius 3 is 2.75 bits per heavy atom. The summed E-state index contributed by atoms with van der Waals surface area (Å²) in [6.07, 6.45) is 6.67. The number of likely N-dealkylation sites (tertiary alicyclic amines) is 1. The summed E-state index contributed by atoms with van der Waals surface area (Å²) in [5.41, 5.74) is 3.41. The first-order valence-corrected chi connectivity index (χ1v) is 10.7. The van der Waals surface area contributed by atoms with Crippen molar-refractivity contribution in [3.63, 3.8) is 0 Å². The molecular formula is C22H29N5O. The second-order valence-electron chi connectivity index (χ2n) is 8.76. The molecule has 0 unspecified atom stereocenters. The number of piperidine rings is 2. The van der Waals surface area contributed by atoms with Crippen molar-refractivity contribution in [1.82, 2.24) is 19.4 Å². The van der Waals surface area contributed by atoms with Gasteiger partial charge in [-0.15, -0.1) is 0 Å². The third-order valence-electron chi connectivity index (χ3n) is 6.64. The lowest BCUT2D eigenvalue weighted by molar-refractivity contribution is 0.218. The fourth-order valence-corrected chi connectivity index (χ4v) is 5.27. The Kier molecular flexibility index (Phi) is 4.67. The Balaban J connectivity index is 1.40. The maximum absolute atomic E-state index is 13.2. The molecule has 5 rings (SSSR count). The summed E-state index contributed by atoms with van der Waals surface area (Å²) < 4.78 is 2.08. The molecule has 3 aliphatic heterocycles. The highest BCUT2D eigenvalue weighted by atomic mass is 16.1. The molecule has 2 atom stereocenters. The van der Waals surface area contributed by atoms with Crippen LogP contribution in [0.4, 0.5) is 5.82 Å². The highest BCUT2D eigenvalue weighted by molar-refractivity contribution is 5.41. The molecule has 3 aliphatic rings. The fraction of sp³-hybridized carbons (Fsp3) is 0.591. The average Bonchev–Trinajstić information content (AvgIpc) is 2.71. The van der Waals surface area contributed by atoms with E-state index >= 15 is 0 Å². The van der Waals surface area contributed by atoms with Gasteiger partial charge in [0.05, 0.1) is 0 Å². The predicted octanol–water partition coefficient (Wildman–Crippen LogP) is 2.56. The first kappa shape index (κ1) is 17.9. The largest absolute Gasteiger partial charge is 0.355 e. The first-order chi connectivity index (χ1) is 13.7. The molecule has 2 saturated heterocycles. The molecule has 148 valence electrons. The minimum absolute atomic E-state index is 0.240. The van der Waals surface area contributed by atoms with Gasteiger partial charge in [0.25, 0.3) is 5.56 Å². The van der Waals surface area contributed by atoms with Crippen LogP contribution in [-0.4, -0.2) is 45.6 Å². The Morgan fingerprint density at radius 1 is 1.07 bits per heavy atom. The third kappa shape index (κ3) is 3.34. The monoisotopic (exact) mass is 379 g/mol. The summed E-state index contributed by atoms with van der Waals surface area (Å²) in [6, 6.07) is 6.38. The van der Waals surface area contributed by atoms with Gasteiger partial charge in [0.1, 0.15) is 12.1 Å². The van der Waals surface area contributed by atoms with Crippen LogP contribution in [-0.2, 0) is 13.1 Å². The number of fused-ring (bicyclic) bond motifs is 4. The van der Waals surface area contributed by atoms with Gasteiger partial charge in [-0.2, -0.15) is 0 Å². The number of aromatic nitrogens is 3. The number of hydrogen-bond donors (Lipinski definition) is 0. The van der Waals surface area contributed by atoms with Crippen molar-refractivity contribution in [2.75, 3.05) is 31.1 Å². The molecule has 0 N–H and O–H groups in total. The Labute approximate surface area is 166 Å². The fourth-order valence-electron chi connectivity index (χ4n) is 5.27. The molecule has 5 heterocycles. The van der Waals surface area contributed by atoms with Gasteiger partial charge in [-0.05, 0) is 51.3 Å². The van der Waals surface area contributed by atoms with E-state index in [1.54, 1.807) is 6.33 Å². The number of rotatable bonds is 3. The highest BCUT2D eigenvalue weighted by Crippen LogP contribution is 2.36. The van der Waals surface area contributed by atoms with Crippen LogP contribution in [0.1, 0.15) is 48.6 Å². The van der Waals surface area contributed by atoms with Crippen molar-refractivity contribution in [3.05, 3.63) is 51.8 Å². The summed E-state index contributed by atoms with van der Waals surface area (Å²) in [5, 5.41) is 0. The van der Waals surface area contributed by atoms with Crippen molar-refractivity contribution in [3.8, 4) is 0 Å². The molecule has 2 aromatic heterocycles. The SMILES string of the molecule is Cc1cc(N2C[C@@H]3C[C@H](C2)c2ccc(CN4CCCCC4)c(=O)n2C3)ncn1. The molecular weight excluding hydrogens is 350 g/mol. The Hall–Kier alpha value is -2.21. The zero-order valence-corrected chi connectivity index (χ0v) is 16.7. The average molecular weight is 380 g/mol. The second-order valence-corrected chi connectivity index (χ2v) is 8.76. The van der Waals surface area contributed by atoms with Crippen molar-refractivity contribution in [1.29, 1.82) is 0 Å². The lowest BCUT2D eigenvalue weighted by atomic mass is 9.83. The molecule has 2 aromatic rings. The smallest absolute Gasteiger partial charge is 0.255 e. The molecule has 2 fully saturated rings. The Morgan fingerprint density at radius 2 is 1.93 bits per heavy atom. The zero-order valence-electron chi connectivity index (χ0n) is 16.7. The number of nitrogens with zero attached hydrogens (tertiary/aromatic N) is 5. The van der Waals surface area contributed by atoms with Crippen LogP contribution < -0.4 is 10.5 Å². The van der Waals surface area contributed by atoms with Gasteiger partial charge in [-0.3, -0.25) is 9.69 Å². The summed E-state index contributed by atoms with van der Waals surface area (Å²) in [5.74, 6) is 1.92. The van der Waals surface area contributed by atoms with Gasteiger partial charge in [0.15, 0.2) is 0 Å². The summed E-state index contributed by atoms with van der Waals surface area (Å²) in [6.45, 7) is 7.79. The van der Waals surface area contributed by atoms with Gasteiger partial charge in [-0.25, -0.2) is 9.97 Å². The highest BCUT2D eigenvalue weighted by Gasteiger charge is 2.35. The van der Waals surface area contributed by atoms with E-state index in [0.717, 1.165) is 56.3 Å². The van der Waals surface area contributed by atoms with E-state index in [2.05, 4.69) is 42.5 Å². The molecule has 0 spiro atoms. The number of hydrogen-bond acceptors (Lipinski definition) is 5. The number of anilines is 1. The molecule has 0 aromatic carbocycles. The molecule has 2 bridgehead atoms. The van der Waals surface area contributed by atoms with E-state index in [9.17, 15) is 4.79 Å². The van der Waals surface area contributed by atoms with E-state index in [1.165, 1.54) is 31.4 Å². The Bertz CT molecular complexity index is 917. The second kappa shape index (κ2) is 7.32. The molecule has 6 nitrogen and oxygen atoms in total. The molecule has 0 aliphatic carbocycles. The molecule has 6 heteroatoms. The lowest BCUT2D eigenvalue weighted by Crippen LogP contribution is -2.48. The van der Waals surface area contributed by atoms with Gasteiger partial charge >= 0.3 is 0 Å². The topological polar surface area (TPSA) is 54.3 Å². The van der Waals surface area contributed by atoms with Gasteiger partial charge < -0.3 is 9.47 Å². The van der Waals surface area contributed by atoms with Crippen molar-refractivity contribution < 1.29 is 0 Å². The summed E-state index contributed by atoms with van der Waals surface area (Å²) in [7, 11) is 0. The van der Waals surface area contributed by atoms with E-state index in [4.69, 9.17) is 0 Å².